The van der Waals surface area contributed by atoms with Gasteiger partial charge in [0.1, 0.15) is 0 Å². The van der Waals surface area contributed by atoms with Crippen LogP contribution in [0.4, 0.5) is 0 Å². The zero-order chi connectivity index (χ0) is 11.9. The molecule has 0 aliphatic heterocycles. The molecule has 1 aliphatic rings. The van der Waals surface area contributed by atoms with Gasteiger partial charge in [0.15, 0.2) is 0 Å². The first-order valence-electron chi connectivity index (χ1n) is 5.46. The highest BCUT2D eigenvalue weighted by Gasteiger charge is 2.37. The van der Waals surface area contributed by atoms with Crippen LogP contribution in [0.3, 0.4) is 0 Å². The minimum atomic E-state index is 0.0162. The molecule has 2 nitrogen and oxygen atoms in total. The van der Waals surface area contributed by atoms with Gasteiger partial charge >= 0.3 is 0 Å². The quantitative estimate of drug-likeness (QED) is 0.718. The summed E-state index contributed by atoms with van der Waals surface area (Å²) in [6, 6.07) is 10.3. The minimum Gasteiger partial charge on any atom is -0.397 e. The van der Waals surface area contributed by atoms with Crippen LogP contribution in [0.25, 0.3) is 5.70 Å². The molecule has 1 aliphatic carbocycles. The van der Waals surface area contributed by atoms with Gasteiger partial charge in [-0.15, -0.1) is 0 Å². The van der Waals surface area contributed by atoms with Crippen LogP contribution in [0.2, 0.25) is 0 Å². The van der Waals surface area contributed by atoms with Crippen LogP contribution < -0.4 is 5.73 Å². The maximum Gasteiger partial charge on any atom is 0.0975 e. The second-order valence-corrected chi connectivity index (χ2v) is 5.33. The normalized spacial score (nSPS) is 19.5. The first kappa shape index (κ1) is 10.8. The molecule has 1 aromatic carbocycles. The summed E-state index contributed by atoms with van der Waals surface area (Å²) in [5.41, 5.74) is 9.64. The summed E-state index contributed by atoms with van der Waals surface area (Å²) in [6.07, 6.45) is 0. The van der Waals surface area contributed by atoms with Gasteiger partial charge in [0.2, 0.25) is 0 Å². The third-order valence-corrected chi connectivity index (χ3v) is 3.13. The largest absolute Gasteiger partial charge is 0.397 e. The van der Waals surface area contributed by atoms with Crippen LogP contribution in [0, 0.1) is 16.7 Å². The zero-order valence-electron chi connectivity index (χ0n) is 9.91. The lowest BCUT2D eigenvalue weighted by atomic mass is 9.75. The second-order valence-electron chi connectivity index (χ2n) is 5.33. The van der Waals surface area contributed by atoms with Crippen LogP contribution in [-0.2, 0) is 0 Å². The molecule has 0 amide bonds. The standard InChI is InChI=1S/C14H16N2/c1-14(2,3)12-9-6-4-5-7-10(9)13(16)11(12)8-15/h4-7,12H,16H2,1-3H3. The van der Waals surface area contributed by atoms with Crippen molar-refractivity contribution in [3.63, 3.8) is 0 Å². The summed E-state index contributed by atoms with van der Waals surface area (Å²) < 4.78 is 0. The summed E-state index contributed by atoms with van der Waals surface area (Å²) in [5, 5.41) is 9.25. The van der Waals surface area contributed by atoms with Gasteiger partial charge in [-0.25, -0.2) is 0 Å². The van der Waals surface area contributed by atoms with E-state index in [9.17, 15) is 5.26 Å². The Hall–Kier alpha value is -1.75. The summed E-state index contributed by atoms with van der Waals surface area (Å²) >= 11 is 0. The summed E-state index contributed by atoms with van der Waals surface area (Å²) in [4.78, 5) is 0. The third-order valence-electron chi connectivity index (χ3n) is 3.13. The SMILES string of the molecule is CC(C)(C)C1C(C#N)=C(N)c2ccccc21. The molecule has 2 N–H and O–H groups in total. The number of rotatable bonds is 0. The number of nitrogens with two attached hydrogens (primary N) is 1. The van der Waals surface area contributed by atoms with Gasteiger partial charge in [-0.3, -0.25) is 0 Å². The van der Waals surface area contributed by atoms with Crippen molar-refractivity contribution in [2.24, 2.45) is 11.1 Å². The maximum absolute atomic E-state index is 9.25. The average Bonchev–Trinajstić information content (AvgIpc) is 2.51. The molecule has 2 rings (SSSR count). The van der Waals surface area contributed by atoms with E-state index in [1.54, 1.807) is 0 Å². The van der Waals surface area contributed by atoms with Crippen LogP contribution in [0.1, 0.15) is 37.8 Å². The molecule has 1 atom stereocenters. The Bertz CT molecular complexity index is 498. The lowest BCUT2D eigenvalue weighted by molar-refractivity contribution is 0.362. The molecule has 0 radical (unpaired) electrons. The third kappa shape index (κ3) is 1.40. The van der Waals surface area contributed by atoms with Crippen molar-refractivity contribution in [2.75, 3.05) is 0 Å². The topological polar surface area (TPSA) is 49.8 Å². The Morgan fingerprint density at radius 2 is 1.88 bits per heavy atom. The fourth-order valence-electron chi connectivity index (χ4n) is 2.47. The van der Waals surface area contributed by atoms with Crippen molar-refractivity contribution in [3.05, 3.63) is 41.0 Å². The fourth-order valence-corrected chi connectivity index (χ4v) is 2.47. The van der Waals surface area contributed by atoms with Gasteiger partial charge < -0.3 is 5.73 Å². The molecule has 0 aromatic heterocycles. The molecular formula is C14H16N2. The number of nitriles is 1. The van der Waals surface area contributed by atoms with E-state index in [0.717, 1.165) is 5.56 Å². The highest BCUT2D eigenvalue weighted by atomic mass is 14.6. The smallest absolute Gasteiger partial charge is 0.0975 e. The van der Waals surface area contributed by atoms with Gasteiger partial charge in [-0.1, -0.05) is 45.0 Å². The number of allylic oxidation sites excluding steroid dienone is 1. The van der Waals surface area contributed by atoms with Crippen molar-refractivity contribution < 1.29 is 0 Å². The molecule has 0 saturated heterocycles. The van der Waals surface area contributed by atoms with E-state index in [-0.39, 0.29) is 11.3 Å². The molecule has 1 unspecified atom stereocenters. The van der Waals surface area contributed by atoms with E-state index >= 15 is 0 Å². The summed E-state index contributed by atoms with van der Waals surface area (Å²) in [7, 11) is 0. The monoisotopic (exact) mass is 212 g/mol. The fraction of sp³-hybridized carbons (Fsp3) is 0.357. The first-order chi connectivity index (χ1) is 7.46. The van der Waals surface area contributed by atoms with Crippen molar-refractivity contribution in [2.45, 2.75) is 26.7 Å². The van der Waals surface area contributed by atoms with Gasteiger partial charge in [0.05, 0.1) is 17.3 Å². The summed E-state index contributed by atoms with van der Waals surface area (Å²) in [5.74, 6) is 0.119. The molecular weight excluding hydrogens is 196 g/mol. The molecule has 0 bridgehead atoms. The predicted molar refractivity (Wildman–Crippen MR) is 65.4 cm³/mol. The van der Waals surface area contributed by atoms with Crippen LogP contribution >= 0.6 is 0 Å². The second kappa shape index (κ2) is 3.38. The Morgan fingerprint density at radius 3 is 2.44 bits per heavy atom. The molecule has 0 spiro atoms. The maximum atomic E-state index is 9.25. The van der Waals surface area contributed by atoms with Gasteiger partial charge in [-0.05, 0) is 11.0 Å². The Morgan fingerprint density at radius 1 is 1.25 bits per heavy atom. The molecule has 1 aromatic rings. The minimum absolute atomic E-state index is 0.0162. The number of benzene rings is 1. The van der Waals surface area contributed by atoms with Gasteiger partial charge in [0.25, 0.3) is 0 Å². The predicted octanol–water partition coefficient (Wildman–Crippen LogP) is 3.02. The highest BCUT2D eigenvalue weighted by Crippen LogP contribution is 2.48. The Balaban J connectivity index is 2.68. The van der Waals surface area contributed by atoms with Crippen LogP contribution in [0.15, 0.2) is 29.8 Å². The van der Waals surface area contributed by atoms with E-state index in [4.69, 9.17) is 5.73 Å². The number of fused-ring (bicyclic) bond motifs is 1. The lowest BCUT2D eigenvalue weighted by Crippen LogP contribution is -2.18. The lowest BCUT2D eigenvalue weighted by Gasteiger charge is -2.28. The van der Waals surface area contributed by atoms with E-state index in [1.807, 2.05) is 18.2 Å². The number of nitrogens with zero attached hydrogens (tertiary/aromatic N) is 1. The van der Waals surface area contributed by atoms with E-state index in [0.29, 0.717) is 11.3 Å². The molecule has 2 heteroatoms. The van der Waals surface area contributed by atoms with Crippen LogP contribution in [0.5, 0.6) is 0 Å². The van der Waals surface area contributed by atoms with E-state index in [2.05, 4.69) is 32.9 Å². The molecule has 0 saturated carbocycles. The Labute approximate surface area is 96.4 Å². The zero-order valence-corrected chi connectivity index (χ0v) is 9.91. The number of hydrogen-bond donors (Lipinski definition) is 1. The van der Waals surface area contributed by atoms with E-state index < -0.39 is 0 Å². The van der Waals surface area contributed by atoms with Crippen molar-refractivity contribution >= 4 is 5.70 Å². The van der Waals surface area contributed by atoms with Crippen molar-refractivity contribution in [1.29, 1.82) is 5.26 Å². The van der Waals surface area contributed by atoms with Crippen molar-refractivity contribution in [3.8, 4) is 6.07 Å². The van der Waals surface area contributed by atoms with Gasteiger partial charge in [-0.2, -0.15) is 5.26 Å². The van der Waals surface area contributed by atoms with Crippen LogP contribution in [-0.4, -0.2) is 0 Å². The molecule has 0 heterocycles. The number of hydrogen-bond acceptors (Lipinski definition) is 2. The average molecular weight is 212 g/mol. The van der Waals surface area contributed by atoms with Gasteiger partial charge in [0, 0.05) is 11.5 Å². The Kier molecular flexibility index (Phi) is 2.27. The molecule has 0 fully saturated rings. The molecule has 82 valence electrons. The summed E-state index contributed by atoms with van der Waals surface area (Å²) in [6.45, 7) is 6.43. The highest BCUT2D eigenvalue weighted by molar-refractivity contribution is 5.79. The van der Waals surface area contributed by atoms with E-state index in [1.165, 1.54) is 5.56 Å². The van der Waals surface area contributed by atoms with Crippen molar-refractivity contribution in [1.82, 2.24) is 0 Å². The molecule has 16 heavy (non-hydrogen) atoms. The first-order valence-corrected chi connectivity index (χ1v) is 5.46.